The Kier molecular flexibility index (Phi) is 28.0. The van der Waals surface area contributed by atoms with Crippen molar-refractivity contribution in [1.82, 2.24) is 81.9 Å². The van der Waals surface area contributed by atoms with E-state index in [1.54, 1.807) is 0 Å². The Labute approximate surface area is 496 Å². The molecule has 9 aromatic heterocycles. The van der Waals surface area contributed by atoms with Crippen LogP contribution >= 0.6 is 0 Å². The lowest BCUT2D eigenvalue weighted by molar-refractivity contribution is 0.730. The second kappa shape index (κ2) is 31.4. The summed E-state index contributed by atoms with van der Waals surface area (Å²) in [6, 6.07) is 0. The highest BCUT2D eigenvalue weighted by molar-refractivity contribution is 5.35. The minimum Gasteiger partial charge on any atom is -0.352 e. The van der Waals surface area contributed by atoms with E-state index < -0.39 is 0 Å². The molecule has 0 saturated carbocycles. The third-order valence-corrected chi connectivity index (χ3v) is 17.8. The van der Waals surface area contributed by atoms with Crippen molar-refractivity contribution in [3.63, 3.8) is 0 Å². The first-order chi connectivity index (χ1) is 37.6. The fourth-order valence-electron chi connectivity index (χ4n) is 8.40. The van der Waals surface area contributed by atoms with Crippen LogP contribution in [0.5, 0.6) is 0 Å². The standard InChI is InChI=1S/2C9H15N.6C7H12N2.C5H9N3/c2*1-6-7(2)9(4)10(5)8(6)3;3*1-5-6(2)9(4)7(3)8-5;3*1-5-6(2)8-9(4)7(5)3;1-4-6-7-5(2)8(4)3/h2*1-5H3;6*1-4H3;1-3H3. The fraction of sp³-hybridized carbons (Fsp3) is 0.569. The lowest BCUT2D eigenvalue weighted by Gasteiger charge is -1.98. The molecule has 0 unspecified atom stereocenters. The van der Waals surface area contributed by atoms with Crippen LogP contribution in [0.3, 0.4) is 0 Å². The van der Waals surface area contributed by atoms with E-state index in [0.29, 0.717) is 0 Å². The number of aryl methyl sites for hydroxylation is 14. The molecule has 0 aliphatic carbocycles. The number of rotatable bonds is 0. The molecule has 0 aliphatic heterocycles. The van der Waals surface area contributed by atoms with Gasteiger partial charge in [-0.3, -0.25) is 14.0 Å². The summed E-state index contributed by atoms with van der Waals surface area (Å²) in [5.41, 5.74) is 29.5. The number of hydrogen-bond acceptors (Lipinski definition) is 8. The first-order valence-electron chi connectivity index (χ1n) is 28.4. The quantitative estimate of drug-likeness (QED) is 0.146. The van der Waals surface area contributed by atoms with E-state index in [4.69, 9.17) is 0 Å². The van der Waals surface area contributed by atoms with Gasteiger partial charge in [-0.15, -0.1) is 10.2 Å². The van der Waals surface area contributed by atoms with Crippen LogP contribution in [0, 0.1) is 194 Å². The van der Waals surface area contributed by atoms with Gasteiger partial charge in [0, 0.05) is 120 Å². The van der Waals surface area contributed by atoms with Crippen LogP contribution in [0.25, 0.3) is 0 Å². The zero-order chi connectivity index (χ0) is 64.0. The first-order valence-corrected chi connectivity index (χ1v) is 28.4. The third kappa shape index (κ3) is 18.7. The van der Waals surface area contributed by atoms with Gasteiger partial charge in [-0.05, 0) is 233 Å². The molecule has 0 aromatic carbocycles. The highest BCUT2D eigenvalue weighted by Crippen LogP contribution is 2.19. The molecule has 0 bridgehead atoms. The van der Waals surface area contributed by atoms with Crippen molar-refractivity contribution in [2.24, 2.45) is 63.4 Å². The molecule has 456 valence electrons. The average molecular weight is 1130 g/mol. The topological polar surface area (TPSA) is 147 Å². The molecule has 0 fully saturated rings. The van der Waals surface area contributed by atoms with Gasteiger partial charge in [0.1, 0.15) is 29.1 Å². The van der Waals surface area contributed by atoms with Gasteiger partial charge in [0.15, 0.2) is 0 Å². The Morgan fingerprint density at radius 1 is 0.183 bits per heavy atom. The number of nitrogens with zero attached hydrogens (tertiary/aromatic N) is 17. The zero-order valence-corrected chi connectivity index (χ0v) is 58.6. The van der Waals surface area contributed by atoms with E-state index in [2.05, 4.69) is 195 Å². The van der Waals surface area contributed by atoms with Crippen LogP contribution in [-0.4, -0.2) is 81.9 Å². The van der Waals surface area contributed by atoms with Gasteiger partial charge in [0.2, 0.25) is 0 Å². The summed E-state index contributed by atoms with van der Waals surface area (Å²) in [5, 5.41) is 20.3. The second-order valence-electron chi connectivity index (χ2n) is 22.2. The van der Waals surface area contributed by atoms with Crippen LogP contribution in [0.4, 0.5) is 0 Å². The van der Waals surface area contributed by atoms with E-state index in [1.165, 1.54) is 95.9 Å². The Hall–Kier alpha value is -7.04. The van der Waals surface area contributed by atoms with Gasteiger partial charge in [-0.2, -0.15) is 15.3 Å². The van der Waals surface area contributed by atoms with Gasteiger partial charge >= 0.3 is 0 Å². The summed E-state index contributed by atoms with van der Waals surface area (Å²) >= 11 is 0. The Morgan fingerprint density at radius 2 is 0.378 bits per heavy atom. The van der Waals surface area contributed by atoms with E-state index in [9.17, 15) is 0 Å². The minimum atomic E-state index is 0.961. The predicted octanol–water partition coefficient (Wildman–Crippen LogP) is 13.0. The van der Waals surface area contributed by atoms with E-state index >= 15 is 0 Å². The lowest BCUT2D eigenvalue weighted by atomic mass is 10.2. The summed E-state index contributed by atoms with van der Waals surface area (Å²) in [6.45, 7) is 58.2. The second-order valence-corrected chi connectivity index (χ2v) is 22.2. The van der Waals surface area contributed by atoms with Gasteiger partial charge < -0.3 is 27.4 Å². The molecule has 0 atom stereocenters. The SMILES string of the molecule is Cc1c(C)c(C)n(C)c1C.Cc1c(C)c(C)n(C)c1C.Cc1nc(C)n(C)c1C.Cc1nc(C)n(C)c1C.Cc1nc(C)n(C)c1C.Cc1nn(C)c(C)c1C.Cc1nn(C)c(C)c1C.Cc1nn(C)c(C)c1C.Cc1nnc(C)n1C. The van der Waals surface area contributed by atoms with E-state index in [0.717, 1.165) is 63.3 Å². The Balaban J connectivity index is 0.000000462. The van der Waals surface area contributed by atoms with Gasteiger partial charge in [-0.1, -0.05) is 0 Å². The molecular formula is C65H111N17. The maximum Gasteiger partial charge on any atom is 0.129 e. The maximum atomic E-state index is 4.27. The summed E-state index contributed by atoms with van der Waals surface area (Å²) in [6.07, 6.45) is 0. The van der Waals surface area contributed by atoms with Gasteiger partial charge in [0.05, 0.1) is 34.2 Å². The smallest absolute Gasteiger partial charge is 0.129 e. The van der Waals surface area contributed by atoms with Crippen LogP contribution in [0.1, 0.15) is 159 Å². The first kappa shape index (κ1) is 73.0. The highest BCUT2D eigenvalue weighted by Gasteiger charge is 2.09. The molecular weight excluding hydrogens is 1020 g/mol. The molecule has 0 amide bonds. The van der Waals surface area contributed by atoms with Crippen LogP contribution in [0.15, 0.2) is 0 Å². The monoisotopic (exact) mass is 1130 g/mol. The molecule has 82 heavy (non-hydrogen) atoms. The number of imidazole rings is 3. The number of hydrogen-bond donors (Lipinski definition) is 0. The van der Waals surface area contributed by atoms with E-state index in [1.807, 2.05) is 144 Å². The molecule has 17 nitrogen and oxygen atoms in total. The molecule has 9 heterocycles. The van der Waals surface area contributed by atoms with Crippen LogP contribution in [0.2, 0.25) is 0 Å². The molecule has 17 heteroatoms. The molecule has 9 aromatic rings. The molecule has 9 rings (SSSR count). The highest BCUT2D eigenvalue weighted by atomic mass is 15.3. The van der Waals surface area contributed by atoms with Crippen LogP contribution in [-0.2, 0) is 63.4 Å². The lowest BCUT2D eigenvalue weighted by Crippen LogP contribution is -1.92. The van der Waals surface area contributed by atoms with Crippen molar-refractivity contribution in [3.8, 4) is 0 Å². The number of aromatic nitrogens is 17. The van der Waals surface area contributed by atoms with Crippen molar-refractivity contribution in [2.45, 2.75) is 194 Å². The fourth-order valence-corrected chi connectivity index (χ4v) is 8.40. The van der Waals surface area contributed by atoms with Crippen molar-refractivity contribution < 1.29 is 0 Å². The summed E-state index contributed by atoms with van der Waals surface area (Å²) < 4.78 is 18.4. The van der Waals surface area contributed by atoms with Crippen molar-refractivity contribution in [3.05, 3.63) is 159 Å². The molecule has 0 aliphatic rings. The summed E-state index contributed by atoms with van der Waals surface area (Å²) in [5.74, 6) is 5.19. The van der Waals surface area contributed by atoms with Crippen molar-refractivity contribution >= 4 is 0 Å². The van der Waals surface area contributed by atoms with Gasteiger partial charge in [0.25, 0.3) is 0 Å². The maximum absolute atomic E-state index is 4.27. The predicted molar refractivity (Wildman–Crippen MR) is 344 cm³/mol. The molecule has 0 spiro atoms. The van der Waals surface area contributed by atoms with Crippen LogP contribution < -0.4 is 0 Å². The van der Waals surface area contributed by atoms with Crippen molar-refractivity contribution in [2.75, 3.05) is 0 Å². The summed E-state index contributed by atoms with van der Waals surface area (Å²) in [4.78, 5) is 12.8. The van der Waals surface area contributed by atoms with Crippen molar-refractivity contribution in [1.29, 1.82) is 0 Å². The molecule has 0 radical (unpaired) electrons. The van der Waals surface area contributed by atoms with E-state index in [-0.39, 0.29) is 0 Å². The normalized spacial score (nSPS) is 10.3. The van der Waals surface area contributed by atoms with Gasteiger partial charge in [-0.25, -0.2) is 15.0 Å². The Morgan fingerprint density at radius 3 is 0.427 bits per heavy atom. The largest absolute Gasteiger partial charge is 0.352 e. The third-order valence-electron chi connectivity index (χ3n) is 17.8. The zero-order valence-electron chi connectivity index (χ0n) is 58.6. The minimum absolute atomic E-state index is 0.961. The Bertz CT molecular complexity index is 2730. The molecule has 0 saturated heterocycles. The molecule has 0 N–H and O–H groups in total. The average Bonchev–Trinajstić information content (AvgIpc) is 4.26. The summed E-state index contributed by atoms with van der Waals surface area (Å²) in [7, 11) is 18.2.